The summed E-state index contributed by atoms with van der Waals surface area (Å²) in [6.07, 6.45) is 1.20. The molecule has 58 valence electrons. The van der Waals surface area contributed by atoms with E-state index in [1.54, 1.807) is 20.1 Å². The molecular weight excluding hydrogens is 146 g/mol. The molecule has 4 heteroatoms. The smallest absolute Gasteiger partial charge is 0.293 e. The summed E-state index contributed by atoms with van der Waals surface area (Å²) >= 11 is 0. The number of hydrogen-bond acceptors (Lipinski definition) is 2. The molecule has 0 fully saturated rings. The first kappa shape index (κ1) is 9.39. The zero-order valence-corrected chi connectivity index (χ0v) is 7.59. The molecule has 0 aromatic heterocycles. The maximum absolute atomic E-state index is 10.8. The third kappa shape index (κ3) is 2.32. The van der Waals surface area contributed by atoms with Crippen LogP contribution in [0.5, 0.6) is 0 Å². The van der Waals surface area contributed by atoms with E-state index in [1.807, 2.05) is 0 Å². The van der Waals surface area contributed by atoms with Gasteiger partial charge in [-0.15, -0.1) is 0 Å². The number of likely N-dealkylation sites (N-methyl/N-ethyl adjacent to an activating group) is 1. The Hall–Kier alpha value is -0.613. The van der Waals surface area contributed by atoms with E-state index in [2.05, 4.69) is 6.58 Å². The first-order valence-electron chi connectivity index (χ1n) is 3.02. The Labute approximate surface area is 62.2 Å². The number of rotatable bonds is 2. The minimum atomic E-state index is -2.43. The van der Waals surface area contributed by atoms with Gasteiger partial charge in [-0.05, 0) is 19.2 Å². The summed E-state index contributed by atoms with van der Waals surface area (Å²) in [6, 6.07) is 0. The fraction of sp³-hybridized carbons (Fsp3) is 0.500. The van der Waals surface area contributed by atoms with Crippen molar-refractivity contribution in [2.75, 3.05) is 7.05 Å². The van der Waals surface area contributed by atoms with Gasteiger partial charge >= 0.3 is 0 Å². The predicted octanol–water partition coefficient (Wildman–Crippen LogP) is 0.325. The van der Waals surface area contributed by atoms with Crippen molar-refractivity contribution in [3.63, 3.8) is 0 Å². The summed E-state index contributed by atoms with van der Waals surface area (Å²) in [5.74, 6) is -0.223. The lowest BCUT2D eigenvalue weighted by Crippen LogP contribution is -2.48. The number of carbonyl (C=O) groups is 1. The van der Waals surface area contributed by atoms with Crippen molar-refractivity contribution >= 4 is 14.4 Å². The normalized spacial score (nSPS) is 10.8. The second kappa shape index (κ2) is 2.98. The van der Waals surface area contributed by atoms with Crippen molar-refractivity contribution in [3.8, 4) is 0 Å². The number of carbonyl (C=O) groups excluding carboxylic acids is 1. The molecule has 0 atom stereocenters. The van der Waals surface area contributed by atoms with E-state index in [1.165, 1.54) is 10.6 Å². The van der Waals surface area contributed by atoms with Crippen LogP contribution in [0.3, 0.4) is 0 Å². The second-order valence-electron chi connectivity index (χ2n) is 2.60. The summed E-state index contributed by atoms with van der Waals surface area (Å²) in [5.41, 5.74) is 0. The van der Waals surface area contributed by atoms with Gasteiger partial charge in [-0.1, -0.05) is 6.58 Å². The molecule has 10 heavy (non-hydrogen) atoms. The largest absolute Gasteiger partial charge is 0.415 e. The van der Waals surface area contributed by atoms with Gasteiger partial charge in [0, 0.05) is 7.05 Å². The third-order valence-corrected chi connectivity index (χ3v) is 3.19. The lowest BCUT2D eigenvalue weighted by Gasteiger charge is -2.26. The van der Waals surface area contributed by atoms with Gasteiger partial charge in [0.15, 0.2) is 0 Å². The zero-order chi connectivity index (χ0) is 8.36. The predicted molar refractivity (Wildman–Crippen MR) is 42.7 cm³/mol. The molecule has 0 aromatic rings. The highest BCUT2D eigenvalue weighted by Crippen LogP contribution is 2.02. The second-order valence-corrected chi connectivity index (χ2v) is 6.26. The van der Waals surface area contributed by atoms with Crippen LogP contribution in [0, 0.1) is 0 Å². The highest BCUT2D eigenvalue weighted by molar-refractivity contribution is 6.69. The number of hydrogen-bond donors (Lipinski definition) is 1. The Morgan fingerprint density at radius 1 is 1.70 bits per heavy atom. The Bertz CT molecular complexity index is 150. The molecule has 1 amide bonds. The van der Waals surface area contributed by atoms with Crippen LogP contribution in [-0.2, 0) is 4.79 Å². The van der Waals surface area contributed by atoms with Crippen LogP contribution in [0.15, 0.2) is 12.7 Å². The lowest BCUT2D eigenvalue weighted by molar-refractivity contribution is -0.121. The first-order chi connectivity index (χ1) is 4.39. The lowest BCUT2D eigenvalue weighted by atomic mass is 10.6. The van der Waals surface area contributed by atoms with Crippen molar-refractivity contribution in [2.45, 2.75) is 13.1 Å². The summed E-state index contributed by atoms with van der Waals surface area (Å²) in [5, 5.41) is 0. The molecule has 1 N–H and O–H groups in total. The van der Waals surface area contributed by atoms with Crippen molar-refractivity contribution in [1.29, 1.82) is 0 Å². The maximum atomic E-state index is 10.8. The van der Waals surface area contributed by atoms with E-state index in [-0.39, 0.29) is 5.91 Å². The van der Waals surface area contributed by atoms with Crippen molar-refractivity contribution in [1.82, 2.24) is 4.57 Å². The van der Waals surface area contributed by atoms with E-state index in [0.717, 1.165) is 0 Å². The molecule has 0 aliphatic carbocycles. The van der Waals surface area contributed by atoms with Crippen LogP contribution < -0.4 is 0 Å². The van der Waals surface area contributed by atoms with E-state index >= 15 is 0 Å². The Kier molecular flexibility index (Phi) is 2.80. The SMILES string of the molecule is C=CC(=O)N(C)[Si](C)(C)O. The van der Waals surface area contributed by atoms with Gasteiger partial charge in [-0.2, -0.15) is 0 Å². The highest BCUT2D eigenvalue weighted by Gasteiger charge is 2.26. The number of amides is 1. The van der Waals surface area contributed by atoms with Gasteiger partial charge in [0.25, 0.3) is 8.48 Å². The van der Waals surface area contributed by atoms with Crippen molar-refractivity contribution in [2.24, 2.45) is 0 Å². The Balaban J connectivity index is 4.21. The molecular formula is C6H13NO2Si. The average molecular weight is 159 g/mol. The van der Waals surface area contributed by atoms with Gasteiger partial charge in [0.05, 0.1) is 0 Å². The molecule has 0 saturated carbocycles. The van der Waals surface area contributed by atoms with Crippen LogP contribution in [0.2, 0.25) is 13.1 Å². The first-order valence-corrected chi connectivity index (χ1v) is 5.91. The average Bonchev–Trinajstić information content (AvgIpc) is 1.83. The van der Waals surface area contributed by atoms with Gasteiger partial charge in [0.2, 0.25) is 5.91 Å². The minimum Gasteiger partial charge on any atom is -0.415 e. The van der Waals surface area contributed by atoms with Gasteiger partial charge in [-0.25, -0.2) is 0 Å². The molecule has 0 unspecified atom stereocenters. The van der Waals surface area contributed by atoms with Crippen LogP contribution in [0.25, 0.3) is 0 Å². The topological polar surface area (TPSA) is 40.5 Å². The molecule has 0 radical (unpaired) electrons. The monoisotopic (exact) mass is 159 g/mol. The fourth-order valence-electron chi connectivity index (χ4n) is 0.407. The van der Waals surface area contributed by atoms with Crippen LogP contribution in [0.4, 0.5) is 0 Å². The third-order valence-electron chi connectivity index (χ3n) is 1.33. The summed E-state index contributed by atoms with van der Waals surface area (Å²) in [4.78, 5) is 20.2. The maximum Gasteiger partial charge on any atom is 0.293 e. The molecule has 3 nitrogen and oxygen atoms in total. The van der Waals surface area contributed by atoms with Gasteiger partial charge < -0.3 is 9.36 Å². The van der Waals surface area contributed by atoms with Crippen LogP contribution >= 0.6 is 0 Å². The molecule has 0 heterocycles. The highest BCUT2D eigenvalue weighted by atomic mass is 28.4. The van der Waals surface area contributed by atoms with Gasteiger partial charge in [-0.3, -0.25) is 4.79 Å². The molecule has 0 rings (SSSR count). The Morgan fingerprint density at radius 3 is 2.20 bits per heavy atom. The van der Waals surface area contributed by atoms with E-state index in [4.69, 9.17) is 0 Å². The standard InChI is InChI=1S/C6H13NO2Si/c1-5-6(8)7(2)10(3,4)9/h5,9H,1H2,2-4H3. The van der Waals surface area contributed by atoms with E-state index in [9.17, 15) is 9.59 Å². The molecule has 0 aliphatic rings. The minimum absolute atomic E-state index is 0.223. The van der Waals surface area contributed by atoms with E-state index < -0.39 is 8.48 Å². The van der Waals surface area contributed by atoms with Crippen molar-refractivity contribution < 1.29 is 9.59 Å². The van der Waals surface area contributed by atoms with Crippen LogP contribution in [0.1, 0.15) is 0 Å². The molecule has 0 spiro atoms. The summed E-state index contributed by atoms with van der Waals surface area (Å²) in [7, 11) is -0.853. The summed E-state index contributed by atoms with van der Waals surface area (Å²) < 4.78 is 1.35. The zero-order valence-electron chi connectivity index (χ0n) is 6.59. The quantitative estimate of drug-likeness (QED) is 0.466. The molecule has 0 aromatic carbocycles. The summed E-state index contributed by atoms with van der Waals surface area (Å²) in [6.45, 7) is 6.67. The number of nitrogens with zero attached hydrogens (tertiary/aromatic N) is 1. The Morgan fingerprint density at radius 2 is 2.10 bits per heavy atom. The van der Waals surface area contributed by atoms with E-state index in [0.29, 0.717) is 0 Å². The molecule has 0 aliphatic heterocycles. The van der Waals surface area contributed by atoms with Crippen molar-refractivity contribution in [3.05, 3.63) is 12.7 Å². The molecule has 0 bridgehead atoms. The van der Waals surface area contributed by atoms with Gasteiger partial charge in [0.1, 0.15) is 0 Å². The van der Waals surface area contributed by atoms with Crippen LogP contribution in [-0.4, -0.2) is 30.8 Å². The fourth-order valence-corrected chi connectivity index (χ4v) is 1.04. The molecule has 0 saturated heterocycles.